The molecule has 0 aliphatic heterocycles. The number of H-pyrrole nitrogens is 1. The molecule has 0 radical (unpaired) electrons. The van der Waals surface area contributed by atoms with Crippen LogP contribution in [0.3, 0.4) is 0 Å². The molecular weight excluding hydrogens is 359 g/mol. The van der Waals surface area contributed by atoms with E-state index in [0.29, 0.717) is 29.0 Å². The number of nitrogen functional groups attached to an aromatic ring is 1. The molecule has 0 aliphatic carbocycles. The summed E-state index contributed by atoms with van der Waals surface area (Å²) in [6, 6.07) is 6.93. The number of fused-ring (bicyclic) bond motifs is 1. The van der Waals surface area contributed by atoms with Gasteiger partial charge in [-0.3, -0.25) is 4.68 Å². The van der Waals surface area contributed by atoms with Crippen LogP contribution < -0.4 is 5.73 Å². The normalized spacial score (nSPS) is 12.0. The van der Waals surface area contributed by atoms with Crippen molar-refractivity contribution >= 4 is 17.0 Å². The number of pyridine rings is 1. The molecule has 0 aliphatic rings. The van der Waals surface area contributed by atoms with Crippen LogP contribution in [0.1, 0.15) is 22.3 Å². The maximum absolute atomic E-state index is 12.8. The van der Waals surface area contributed by atoms with E-state index in [9.17, 15) is 13.2 Å². The predicted octanol–water partition coefficient (Wildman–Crippen LogP) is 2.79. The average Bonchev–Trinajstić information content (AvgIpc) is 3.23. The smallest absolute Gasteiger partial charge is 0.384 e. The number of halogens is 3. The summed E-state index contributed by atoms with van der Waals surface area (Å²) in [6.45, 7) is 0.238. The number of aromatic nitrogens is 6. The van der Waals surface area contributed by atoms with Crippen LogP contribution in [-0.2, 0) is 19.1 Å². The molecule has 0 fully saturated rings. The third-order valence-corrected chi connectivity index (χ3v) is 4.07. The zero-order valence-electron chi connectivity index (χ0n) is 13.9. The number of hydrogen-bond donors (Lipinski definition) is 2. The predicted molar refractivity (Wildman–Crippen MR) is 91.7 cm³/mol. The number of aromatic amines is 1. The van der Waals surface area contributed by atoms with E-state index >= 15 is 0 Å². The maximum Gasteiger partial charge on any atom is 0.416 e. The van der Waals surface area contributed by atoms with Crippen LogP contribution in [0.4, 0.5) is 19.0 Å². The summed E-state index contributed by atoms with van der Waals surface area (Å²) >= 11 is 0. The summed E-state index contributed by atoms with van der Waals surface area (Å²) in [5.41, 5.74) is 8.40. The molecule has 0 saturated heterocycles. The van der Waals surface area contributed by atoms with Crippen LogP contribution in [0.5, 0.6) is 0 Å². The Kier molecular flexibility index (Phi) is 4.02. The molecule has 0 atom stereocenters. The van der Waals surface area contributed by atoms with Crippen LogP contribution in [0.2, 0.25) is 0 Å². The van der Waals surface area contributed by atoms with E-state index in [1.807, 2.05) is 0 Å². The number of anilines is 1. The van der Waals surface area contributed by atoms with Crippen LogP contribution in [-0.4, -0.2) is 30.2 Å². The third-order valence-electron chi connectivity index (χ3n) is 4.07. The minimum atomic E-state index is -4.37. The van der Waals surface area contributed by atoms with Crippen LogP contribution >= 0.6 is 0 Å². The van der Waals surface area contributed by atoms with Crippen molar-refractivity contribution < 1.29 is 13.2 Å². The molecule has 3 aromatic heterocycles. The van der Waals surface area contributed by atoms with E-state index < -0.39 is 11.7 Å². The molecule has 138 valence electrons. The number of nitrogens with one attached hydrogen (secondary N) is 1. The number of nitrogens with two attached hydrogens (primary N) is 1. The van der Waals surface area contributed by atoms with Gasteiger partial charge >= 0.3 is 6.18 Å². The molecule has 0 unspecified atom stereocenters. The summed E-state index contributed by atoms with van der Waals surface area (Å²) < 4.78 is 40.1. The highest BCUT2D eigenvalue weighted by molar-refractivity contribution is 5.76. The van der Waals surface area contributed by atoms with Gasteiger partial charge in [0.1, 0.15) is 11.3 Å². The highest BCUT2D eigenvalue weighted by Gasteiger charge is 2.30. The molecule has 0 saturated carbocycles. The van der Waals surface area contributed by atoms with Gasteiger partial charge in [-0.15, -0.1) is 5.10 Å². The Labute approximate surface area is 151 Å². The van der Waals surface area contributed by atoms with Gasteiger partial charge in [-0.25, -0.2) is 4.98 Å². The fourth-order valence-electron chi connectivity index (χ4n) is 2.89. The Morgan fingerprint density at radius 1 is 1.11 bits per heavy atom. The zero-order valence-corrected chi connectivity index (χ0v) is 13.9. The molecule has 4 rings (SSSR count). The Hall–Kier alpha value is -3.43. The Balaban J connectivity index is 1.55. The first-order chi connectivity index (χ1) is 12.9. The second kappa shape index (κ2) is 6.38. The fourth-order valence-corrected chi connectivity index (χ4v) is 2.89. The van der Waals surface area contributed by atoms with E-state index in [2.05, 4.69) is 25.5 Å². The van der Waals surface area contributed by atoms with Crippen molar-refractivity contribution in [2.75, 3.05) is 5.73 Å². The lowest BCUT2D eigenvalue weighted by Gasteiger charge is -2.08. The Bertz CT molecular complexity index is 1100. The lowest BCUT2D eigenvalue weighted by molar-refractivity contribution is -0.137. The van der Waals surface area contributed by atoms with Crippen LogP contribution in [0, 0.1) is 0 Å². The topological polar surface area (TPSA) is 98.3 Å². The second-order valence-electron chi connectivity index (χ2n) is 6.12. The number of nitrogens with zero attached hydrogens (tertiary/aromatic N) is 5. The molecule has 0 spiro atoms. The summed E-state index contributed by atoms with van der Waals surface area (Å²) in [6.07, 6.45) is -0.424. The maximum atomic E-state index is 12.8. The lowest BCUT2D eigenvalue weighted by Crippen LogP contribution is -2.07. The van der Waals surface area contributed by atoms with E-state index in [1.54, 1.807) is 29.2 Å². The van der Waals surface area contributed by atoms with Crippen molar-refractivity contribution in [2.24, 2.45) is 0 Å². The van der Waals surface area contributed by atoms with Gasteiger partial charge in [-0.1, -0.05) is 12.1 Å². The van der Waals surface area contributed by atoms with Gasteiger partial charge in [0.25, 0.3) is 0 Å². The molecule has 1 aromatic carbocycles. The van der Waals surface area contributed by atoms with Gasteiger partial charge in [0.15, 0.2) is 0 Å². The van der Waals surface area contributed by atoms with E-state index in [1.165, 1.54) is 6.07 Å². The van der Waals surface area contributed by atoms with Crippen LogP contribution in [0.25, 0.3) is 11.2 Å². The van der Waals surface area contributed by atoms with Crippen molar-refractivity contribution in [1.29, 1.82) is 0 Å². The highest BCUT2D eigenvalue weighted by atomic mass is 19.4. The largest absolute Gasteiger partial charge is 0.416 e. The van der Waals surface area contributed by atoms with Crippen molar-refractivity contribution in [1.82, 2.24) is 30.2 Å². The molecule has 10 heteroatoms. The molecule has 0 bridgehead atoms. The van der Waals surface area contributed by atoms with E-state index in [4.69, 9.17) is 5.73 Å². The van der Waals surface area contributed by atoms with Gasteiger partial charge in [-0.05, 0) is 34.9 Å². The first-order valence-corrected chi connectivity index (χ1v) is 8.02. The van der Waals surface area contributed by atoms with Gasteiger partial charge in [0, 0.05) is 12.6 Å². The molecule has 4 aromatic rings. The summed E-state index contributed by atoms with van der Waals surface area (Å²) in [5, 5.41) is 14.8. The highest BCUT2D eigenvalue weighted by Crippen LogP contribution is 2.29. The standard InChI is InChI=1S/C17H14F3N7/c18-17(19,20)13-3-1-2-10(5-13)8-27-9-11(7-22-27)4-12-6-14(21)23-16-15(12)24-26-25-16/h1-3,5-7,9H,4,8H2,(H3,21,23,24,25,26). The minimum absolute atomic E-state index is 0.238. The fraction of sp³-hybridized carbons (Fsp3) is 0.176. The molecule has 0 amide bonds. The Morgan fingerprint density at radius 3 is 2.78 bits per heavy atom. The molecule has 3 N–H and O–H groups in total. The van der Waals surface area contributed by atoms with Gasteiger partial charge in [0.05, 0.1) is 18.3 Å². The molecular formula is C17H14F3N7. The van der Waals surface area contributed by atoms with E-state index in [0.717, 1.165) is 23.3 Å². The van der Waals surface area contributed by atoms with E-state index in [-0.39, 0.29) is 6.54 Å². The van der Waals surface area contributed by atoms with Crippen LogP contribution in [0.15, 0.2) is 42.7 Å². The summed E-state index contributed by atoms with van der Waals surface area (Å²) in [4.78, 5) is 4.09. The number of alkyl halides is 3. The van der Waals surface area contributed by atoms with Gasteiger partial charge in [-0.2, -0.15) is 28.6 Å². The van der Waals surface area contributed by atoms with Crippen molar-refractivity contribution in [3.05, 3.63) is 65.0 Å². The van der Waals surface area contributed by atoms with Gasteiger partial charge < -0.3 is 5.73 Å². The summed E-state index contributed by atoms with van der Waals surface area (Å²) in [5.74, 6) is 0.336. The number of rotatable bonds is 4. The second-order valence-corrected chi connectivity index (χ2v) is 6.12. The first-order valence-electron chi connectivity index (χ1n) is 8.02. The minimum Gasteiger partial charge on any atom is -0.384 e. The Morgan fingerprint density at radius 2 is 1.96 bits per heavy atom. The molecule has 3 heterocycles. The average molecular weight is 373 g/mol. The number of benzene rings is 1. The zero-order chi connectivity index (χ0) is 19.0. The number of hydrogen-bond acceptors (Lipinski definition) is 5. The first kappa shape index (κ1) is 17.0. The monoisotopic (exact) mass is 373 g/mol. The van der Waals surface area contributed by atoms with Crippen molar-refractivity contribution in [2.45, 2.75) is 19.1 Å². The quantitative estimate of drug-likeness (QED) is 0.573. The molecule has 27 heavy (non-hydrogen) atoms. The summed E-state index contributed by atoms with van der Waals surface area (Å²) in [7, 11) is 0. The van der Waals surface area contributed by atoms with Gasteiger partial charge in [0.2, 0.25) is 5.65 Å². The SMILES string of the molecule is Nc1cc(Cc2cnn(Cc3cccc(C(F)(F)F)c3)c2)c2n[nH]nc2n1. The van der Waals surface area contributed by atoms with Crippen molar-refractivity contribution in [3.63, 3.8) is 0 Å². The third kappa shape index (κ3) is 3.59. The lowest BCUT2D eigenvalue weighted by atomic mass is 10.1. The molecule has 7 nitrogen and oxygen atoms in total. The van der Waals surface area contributed by atoms with Crippen molar-refractivity contribution in [3.8, 4) is 0 Å².